The summed E-state index contributed by atoms with van der Waals surface area (Å²) in [5.41, 5.74) is -1.89. The highest BCUT2D eigenvalue weighted by molar-refractivity contribution is 9.08. The largest absolute Gasteiger partial charge is 0.310 e. The van der Waals surface area contributed by atoms with Crippen LogP contribution in [0.2, 0.25) is 0 Å². The summed E-state index contributed by atoms with van der Waals surface area (Å²) in [6, 6.07) is 1.50. The molecule has 84 valence electrons. The molecule has 0 spiro atoms. The Hall–Kier alpha value is -1.62. The molecule has 0 N–H and O–H groups in total. The lowest BCUT2D eigenvalue weighted by atomic mass is 10.1. The standard InChI is InChI=1S/C8H4BrF2N3O2/c9-1-4-5(8(10)11)3-13-6(2-12)7(4)14(15)16/h3,8H,1H2. The van der Waals surface area contributed by atoms with Gasteiger partial charge in [-0.15, -0.1) is 0 Å². The van der Waals surface area contributed by atoms with E-state index in [9.17, 15) is 18.9 Å². The zero-order valence-corrected chi connectivity index (χ0v) is 9.24. The van der Waals surface area contributed by atoms with Gasteiger partial charge in [0.2, 0.25) is 5.69 Å². The number of nitrogens with zero attached hydrogens (tertiary/aromatic N) is 3. The van der Waals surface area contributed by atoms with Crippen molar-refractivity contribution < 1.29 is 13.7 Å². The van der Waals surface area contributed by atoms with Gasteiger partial charge in [-0.25, -0.2) is 13.8 Å². The number of hydrogen-bond donors (Lipinski definition) is 0. The number of aromatic nitrogens is 1. The molecule has 0 saturated carbocycles. The molecule has 0 atom stereocenters. The van der Waals surface area contributed by atoms with Gasteiger partial charge in [-0.05, 0) is 0 Å². The molecule has 0 fully saturated rings. The first-order valence-corrected chi connectivity index (χ1v) is 5.05. The average molecular weight is 292 g/mol. The molecule has 16 heavy (non-hydrogen) atoms. The molecule has 0 bridgehead atoms. The van der Waals surface area contributed by atoms with Crippen LogP contribution in [0.3, 0.4) is 0 Å². The Morgan fingerprint density at radius 1 is 1.69 bits per heavy atom. The van der Waals surface area contributed by atoms with E-state index in [0.717, 1.165) is 6.20 Å². The molecule has 1 aromatic heterocycles. The van der Waals surface area contributed by atoms with Gasteiger partial charge in [0.15, 0.2) is 0 Å². The Morgan fingerprint density at radius 3 is 2.69 bits per heavy atom. The molecule has 0 amide bonds. The molecule has 0 saturated heterocycles. The summed E-state index contributed by atoms with van der Waals surface area (Å²) in [6.45, 7) is 0. The zero-order chi connectivity index (χ0) is 12.3. The van der Waals surface area contributed by atoms with Crippen LogP contribution in [0.4, 0.5) is 14.5 Å². The van der Waals surface area contributed by atoms with E-state index in [-0.39, 0.29) is 10.9 Å². The highest BCUT2D eigenvalue weighted by Gasteiger charge is 2.27. The Kier molecular flexibility index (Phi) is 3.84. The van der Waals surface area contributed by atoms with Crippen molar-refractivity contribution in [3.63, 3.8) is 0 Å². The van der Waals surface area contributed by atoms with Crippen LogP contribution in [0.5, 0.6) is 0 Å². The molecule has 1 heterocycles. The van der Waals surface area contributed by atoms with E-state index in [2.05, 4.69) is 20.9 Å². The third-order valence-corrected chi connectivity index (χ3v) is 2.41. The number of pyridine rings is 1. The third-order valence-electron chi connectivity index (χ3n) is 1.85. The summed E-state index contributed by atoms with van der Waals surface area (Å²) >= 11 is 2.88. The van der Waals surface area contributed by atoms with Crippen molar-refractivity contribution in [2.45, 2.75) is 11.8 Å². The van der Waals surface area contributed by atoms with Crippen molar-refractivity contribution in [3.8, 4) is 6.07 Å². The lowest BCUT2D eigenvalue weighted by Gasteiger charge is -2.06. The smallest absolute Gasteiger partial charge is 0.258 e. The highest BCUT2D eigenvalue weighted by atomic mass is 79.9. The van der Waals surface area contributed by atoms with Crippen molar-refractivity contribution in [2.24, 2.45) is 0 Å². The number of rotatable bonds is 3. The average Bonchev–Trinajstić information content (AvgIpc) is 2.26. The number of alkyl halides is 3. The van der Waals surface area contributed by atoms with Crippen molar-refractivity contribution in [3.05, 3.63) is 33.1 Å². The van der Waals surface area contributed by atoms with Crippen LogP contribution in [0.1, 0.15) is 23.2 Å². The Morgan fingerprint density at radius 2 is 2.31 bits per heavy atom. The fourth-order valence-corrected chi connectivity index (χ4v) is 1.75. The first-order valence-electron chi connectivity index (χ1n) is 3.93. The first-order chi connectivity index (χ1) is 7.52. The maximum atomic E-state index is 12.5. The van der Waals surface area contributed by atoms with E-state index in [4.69, 9.17) is 5.26 Å². The number of hydrogen-bond acceptors (Lipinski definition) is 4. The molecule has 0 aliphatic heterocycles. The fourth-order valence-electron chi connectivity index (χ4n) is 1.16. The molecule has 8 heteroatoms. The summed E-state index contributed by atoms with van der Waals surface area (Å²) in [7, 11) is 0. The molecule has 5 nitrogen and oxygen atoms in total. The minimum absolute atomic E-state index is 0.139. The molecule has 1 aromatic rings. The van der Waals surface area contributed by atoms with Gasteiger partial charge >= 0.3 is 5.69 Å². The Balaban J connectivity index is 3.58. The predicted octanol–water partition coefficient (Wildman–Crippen LogP) is 2.69. The fraction of sp³-hybridized carbons (Fsp3) is 0.250. The van der Waals surface area contributed by atoms with Crippen LogP contribution < -0.4 is 0 Å². The predicted molar refractivity (Wildman–Crippen MR) is 53.2 cm³/mol. The number of nitro groups is 1. The van der Waals surface area contributed by atoms with Gasteiger partial charge in [-0.3, -0.25) is 10.1 Å². The van der Waals surface area contributed by atoms with Gasteiger partial charge in [0.05, 0.1) is 10.5 Å². The number of halogens is 3. The molecule has 0 aliphatic carbocycles. The van der Waals surface area contributed by atoms with Gasteiger partial charge < -0.3 is 0 Å². The highest BCUT2D eigenvalue weighted by Crippen LogP contribution is 2.32. The van der Waals surface area contributed by atoms with Crippen molar-refractivity contribution in [2.75, 3.05) is 0 Å². The molecule has 1 rings (SSSR count). The van der Waals surface area contributed by atoms with E-state index in [1.54, 1.807) is 0 Å². The maximum Gasteiger partial charge on any atom is 0.310 e. The minimum Gasteiger partial charge on any atom is -0.258 e. The number of nitriles is 1. The van der Waals surface area contributed by atoms with E-state index < -0.39 is 28.3 Å². The molecule has 0 radical (unpaired) electrons. The monoisotopic (exact) mass is 291 g/mol. The summed E-state index contributed by atoms with van der Waals surface area (Å²) in [4.78, 5) is 13.1. The molecule has 0 aliphatic rings. The second kappa shape index (κ2) is 4.94. The molecule has 0 aromatic carbocycles. The van der Waals surface area contributed by atoms with Gasteiger partial charge in [-0.2, -0.15) is 5.26 Å². The van der Waals surface area contributed by atoms with Gasteiger partial charge in [0, 0.05) is 17.1 Å². The second-order valence-corrected chi connectivity index (χ2v) is 3.25. The summed E-state index contributed by atoms with van der Waals surface area (Å²) in [6.07, 6.45) is -2.08. The van der Waals surface area contributed by atoms with Crippen LogP contribution in [0.15, 0.2) is 6.20 Å². The van der Waals surface area contributed by atoms with Crippen molar-refractivity contribution in [1.82, 2.24) is 4.98 Å². The first kappa shape index (κ1) is 12.4. The van der Waals surface area contributed by atoms with Gasteiger partial charge in [0.1, 0.15) is 6.07 Å². The van der Waals surface area contributed by atoms with Crippen LogP contribution in [0.25, 0.3) is 0 Å². The van der Waals surface area contributed by atoms with Gasteiger partial charge in [0.25, 0.3) is 6.43 Å². The topological polar surface area (TPSA) is 79.8 Å². The summed E-state index contributed by atoms with van der Waals surface area (Å²) in [5, 5.41) is 19.1. The van der Waals surface area contributed by atoms with E-state index >= 15 is 0 Å². The van der Waals surface area contributed by atoms with E-state index in [1.165, 1.54) is 6.07 Å². The Labute approximate surface area is 97.0 Å². The maximum absolute atomic E-state index is 12.5. The summed E-state index contributed by atoms with van der Waals surface area (Å²) < 4.78 is 25.1. The Bertz CT molecular complexity index is 473. The quantitative estimate of drug-likeness (QED) is 0.487. The van der Waals surface area contributed by atoms with Crippen LogP contribution in [0, 0.1) is 21.4 Å². The molecule has 0 unspecified atom stereocenters. The van der Waals surface area contributed by atoms with E-state index in [0.29, 0.717) is 0 Å². The van der Waals surface area contributed by atoms with Crippen molar-refractivity contribution >= 4 is 21.6 Å². The second-order valence-electron chi connectivity index (χ2n) is 2.69. The molecular formula is C8H4BrF2N3O2. The van der Waals surface area contributed by atoms with Gasteiger partial charge in [-0.1, -0.05) is 15.9 Å². The zero-order valence-electron chi connectivity index (χ0n) is 7.65. The van der Waals surface area contributed by atoms with Crippen molar-refractivity contribution in [1.29, 1.82) is 5.26 Å². The van der Waals surface area contributed by atoms with Crippen LogP contribution in [-0.4, -0.2) is 9.91 Å². The SMILES string of the molecule is N#Cc1ncc(C(F)F)c(CBr)c1[N+](=O)[O-]. The molecular weight excluding hydrogens is 288 g/mol. The van der Waals surface area contributed by atoms with E-state index in [1.807, 2.05) is 0 Å². The third kappa shape index (κ3) is 2.14. The normalized spacial score (nSPS) is 10.2. The minimum atomic E-state index is -2.87. The van der Waals surface area contributed by atoms with Crippen LogP contribution in [-0.2, 0) is 5.33 Å². The summed E-state index contributed by atoms with van der Waals surface area (Å²) in [5.74, 6) is 0. The lowest BCUT2D eigenvalue weighted by molar-refractivity contribution is -0.386. The van der Waals surface area contributed by atoms with Crippen LogP contribution >= 0.6 is 15.9 Å². The lowest BCUT2D eigenvalue weighted by Crippen LogP contribution is -2.04.